The Morgan fingerprint density at radius 1 is 1.14 bits per heavy atom. The molecule has 0 N–H and O–H groups in total. The highest BCUT2D eigenvalue weighted by molar-refractivity contribution is 5.91. The van der Waals surface area contributed by atoms with Crippen LogP contribution >= 0.6 is 0 Å². The maximum absolute atomic E-state index is 12.4. The van der Waals surface area contributed by atoms with Crippen LogP contribution in [0, 0.1) is 46.8 Å². The third-order valence-corrected chi connectivity index (χ3v) is 9.24. The molecule has 5 rings (SSSR count). The summed E-state index contributed by atoms with van der Waals surface area (Å²) >= 11 is 0. The van der Waals surface area contributed by atoms with Gasteiger partial charge in [0.1, 0.15) is 5.60 Å². The molecule has 154 valence electrons. The van der Waals surface area contributed by atoms with Crippen LogP contribution in [0.1, 0.15) is 71.6 Å². The quantitative estimate of drug-likeness (QED) is 0.331. The highest BCUT2D eigenvalue weighted by Crippen LogP contribution is 2.69. The van der Waals surface area contributed by atoms with Gasteiger partial charge in [0.2, 0.25) is 0 Å². The van der Waals surface area contributed by atoms with E-state index in [9.17, 15) is 9.59 Å². The third-order valence-electron chi connectivity index (χ3n) is 9.24. The predicted octanol–water partition coefficient (Wildman–Crippen LogP) is 5.01. The minimum Gasteiger partial charge on any atom is -0.454 e. The summed E-state index contributed by atoms with van der Waals surface area (Å²) in [6.07, 6.45) is 10.0. The lowest BCUT2D eigenvalue weighted by molar-refractivity contribution is -0.182. The van der Waals surface area contributed by atoms with Gasteiger partial charge >= 0.3 is 5.97 Å². The fraction of sp³-hybridized carbons (Fsp3) is 0.692. The SMILES string of the molecule is C=C1CCC(=O)O[C@]12CC[C@H]1[C@@H]3CCC4=CC(=O)CCC4[C@H]3[C@@H](C#CC)C[C@@]12C. The highest BCUT2D eigenvalue weighted by atomic mass is 16.6. The van der Waals surface area contributed by atoms with Crippen molar-refractivity contribution in [2.45, 2.75) is 77.2 Å². The Hall–Kier alpha value is -1.82. The lowest BCUT2D eigenvalue weighted by atomic mass is 9.47. The summed E-state index contributed by atoms with van der Waals surface area (Å²) in [6.45, 7) is 8.72. The van der Waals surface area contributed by atoms with E-state index in [1.54, 1.807) is 0 Å². The average molecular weight is 393 g/mol. The molecule has 1 aliphatic heterocycles. The number of carbonyl (C=O) groups is 2. The Balaban J connectivity index is 1.57. The van der Waals surface area contributed by atoms with Gasteiger partial charge in [-0.1, -0.05) is 25.0 Å². The van der Waals surface area contributed by atoms with Gasteiger partial charge in [-0.3, -0.25) is 9.59 Å². The lowest BCUT2D eigenvalue weighted by Gasteiger charge is -2.59. The molecule has 5 aliphatic rings. The summed E-state index contributed by atoms with van der Waals surface area (Å²) in [4.78, 5) is 24.4. The van der Waals surface area contributed by atoms with E-state index in [2.05, 4.69) is 25.3 Å². The number of carbonyl (C=O) groups excluding carboxylic acids is 2. The van der Waals surface area contributed by atoms with Crippen molar-refractivity contribution in [2.75, 3.05) is 0 Å². The van der Waals surface area contributed by atoms with E-state index in [1.807, 2.05) is 13.0 Å². The molecule has 4 fully saturated rings. The number of hydrogen-bond donors (Lipinski definition) is 0. The summed E-state index contributed by atoms with van der Waals surface area (Å²) in [5.74, 6) is 9.54. The zero-order valence-corrected chi connectivity index (χ0v) is 17.8. The summed E-state index contributed by atoms with van der Waals surface area (Å²) in [5, 5.41) is 0. The molecule has 1 unspecified atom stereocenters. The maximum Gasteiger partial charge on any atom is 0.307 e. The molecule has 1 spiro atoms. The number of ether oxygens (including phenoxy) is 1. The molecule has 3 heteroatoms. The van der Waals surface area contributed by atoms with Crippen LogP contribution in [-0.4, -0.2) is 17.4 Å². The second-order valence-electron chi connectivity index (χ2n) is 10.3. The number of fused-ring (bicyclic) bond motifs is 6. The van der Waals surface area contributed by atoms with Crippen molar-refractivity contribution < 1.29 is 14.3 Å². The average Bonchev–Trinajstić information content (AvgIpc) is 2.97. The number of allylic oxidation sites excluding steroid dienone is 1. The van der Waals surface area contributed by atoms with Gasteiger partial charge in [-0.05, 0) is 87.2 Å². The van der Waals surface area contributed by atoms with Crippen LogP contribution in [0.2, 0.25) is 0 Å². The van der Waals surface area contributed by atoms with E-state index in [4.69, 9.17) is 4.74 Å². The Kier molecular flexibility index (Phi) is 4.36. The number of rotatable bonds is 0. The van der Waals surface area contributed by atoms with Crippen molar-refractivity contribution in [3.63, 3.8) is 0 Å². The molecule has 0 aromatic heterocycles. The second-order valence-corrected chi connectivity index (χ2v) is 10.3. The molecule has 0 aromatic carbocycles. The minimum absolute atomic E-state index is 0.0563. The molecule has 3 saturated carbocycles. The fourth-order valence-corrected chi connectivity index (χ4v) is 8.15. The number of ketones is 1. The van der Waals surface area contributed by atoms with Crippen molar-refractivity contribution >= 4 is 11.8 Å². The smallest absolute Gasteiger partial charge is 0.307 e. The lowest BCUT2D eigenvalue weighted by Crippen LogP contribution is -2.58. The first kappa shape index (κ1) is 19.2. The van der Waals surface area contributed by atoms with Crippen molar-refractivity contribution in [3.05, 3.63) is 23.8 Å². The summed E-state index contributed by atoms with van der Waals surface area (Å²) in [6, 6.07) is 0. The van der Waals surface area contributed by atoms with E-state index in [1.165, 1.54) is 5.57 Å². The summed E-state index contributed by atoms with van der Waals surface area (Å²) in [7, 11) is 0. The van der Waals surface area contributed by atoms with Crippen LogP contribution in [0.4, 0.5) is 0 Å². The maximum atomic E-state index is 12.4. The van der Waals surface area contributed by atoms with E-state index >= 15 is 0 Å². The zero-order chi connectivity index (χ0) is 20.4. The topological polar surface area (TPSA) is 43.4 Å². The van der Waals surface area contributed by atoms with Crippen molar-refractivity contribution in [3.8, 4) is 11.8 Å². The van der Waals surface area contributed by atoms with E-state index in [0.29, 0.717) is 48.2 Å². The van der Waals surface area contributed by atoms with Gasteiger partial charge in [-0.25, -0.2) is 0 Å². The van der Waals surface area contributed by atoms with Gasteiger partial charge in [0, 0.05) is 24.2 Å². The molecule has 0 bridgehead atoms. The van der Waals surface area contributed by atoms with Crippen LogP contribution in [0.5, 0.6) is 0 Å². The standard InChI is InChI=1S/C26H32O3/c1-4-5-18-15-25(3)22(12-13-26(25)16(2)6-11-23(28)29-26)21-9-7-17-14-19(27)8-10-20(17)24(18)21/h14,18,20-22,24H,2,6-13,15H2,1,3H3/t18-,20?,21-,22-,24+,25-,26+/m0/s1. The van der Waals surface area contributed by atoms with E-state index in [0.717, 1.165) is 50.5 Å². The normalized spacial score (nSPS) is 46.1. The van der Waals surface area contributed by atoms with Gasteiger partial charge in [-0.2, -0.15) is 0 Å². The molecule has 0 aromatic rings. The first-order chi connectivity index (χ1) is 13.9. The van der Waals surface area contributed by atoms with Crippen molar-refractivity contribution in [1.29, 1.82) is 0 Å². The molecule has 7 atom stereocenters. The predicted molar refractivity (Wildman–Crippen MR) is 112 cm³/mol. The Labute approximate surface area is 174 Å². The van der Waals surface area contributed by atoms with E-state index < -0.39 is 5.60 Å². The fourth-order valence-electron chi connectivity index (χ4n) is 8.15. The van der Waals surface area contributed by atoms with Crippen molar-refractivity contribution in [1.82, 2.24) is 0 Å². The van der Waals surface area contributed by atoms with Crippen LogP contribution in [-0.2, 0) is 14.3 Å². The van der Waals surface area contributed by atoms with Crippen LogP contribution < -0.4 is 0 Å². The molecule has 29 heavy (non-hydrogen) atoms. The molecule has 0 radical (unpaired) electrons. The first-order valence-electron chi connectivity index (χ1n) is 11.5. The Morgan fingerprint density at radius 2 is 1.97 bits per heavy atom. The zero-order valence-electron chi connectivity index (χ0n) is 17.8. The van der Waals surface area contributed by atoms with Gasteiger partial charge in [0.25, 0.3) is 0 Å². The Morgan fingerprint density at radius 3 is 2.76 bits per heavy atom. The largest absolute Gasteiger partial charge is 0.454 e. The molecule has 0 amide bonds. The number of hydrogen-bond acceptors (Lipinski definition) is 3. The van der Waals surface area contributed by atoms with Gasteiger partial charge in [0.15, 0.2) is 5.78 Å². The minimum atomic E-state index is -0.496. The van der Waals surface area contributed by atoms with Gasteiger partial charge in [0.05, 0.1) is 0 Å². The van der Waals surface area contributed by atoms with Crippen molar-refractivity contribution in [2.24, 2.45) is 35.0 Å². The molecule has 4 aliphatic carbocycles. The monoisotopic (exact) mass is 392 g/mol. The highest BCUT2D eigenvalue weighted by Gasteiger charge is 2.67. The molecule has 1 saturated heterocycles. The third kappa shape index (κ3) is 2.57. The van der Waals surface area contributed by atoms with Crippen LogP contribution in [0.3, 0.4) is 0 Å². The van der Waals surface area contributed by atoms with E-state index in [-0.39, 0.29) is 11.4 Å². The van der Waals surface area contributed by atoms with Gasteiger partial charge < -0.3 is 4.74 Å². The number of esters is 1. The van der Waals surface area contributed by atoms with Crippen LogP contribution in [0.15, 0.2) is 23.8 Å². The van der Waals surface area contributed by atoms with Crippen LogP contribution in [0.25, 0.3) is 0 Å². The summed E-state index contributed by atoms with van der Waals surface area (Å²) in [5.41, 5.74) is 1.94. The first-order valence-corrected chi connectivity index (χ1v) is 11.5. The molecule has 1 heterocycles. The molecular formula is C26H32O3. The van der Waals surface area contributed by atoms with Gasteiger partial charge in [-0.15, -0.1) is 5.92 Å². The summed E-state index contributed by atoms with van der Waals surface area (Å²) < 4.78 is 6.20. The molecular weight excluding hydrogens is 360 g/mol. The Bertz CT molecular complexity index is 870. The second kappa shape index (κ2) is 6.59. The molecule has 3 nitrogen and oxygen atoms in total.